The van der Waals surface area contributed by atoms with Crippen molar-refractivity contribution in [3.05, 3.63) is 24.0 Å². The zero-order valence-electron chi connectivity index (χ0n) is 11.6. The largest absolute Gasteiger partial charge is 0.481 e. The summed E-state index contributed by atoms with van der Waals surface area (Å²) >= 11 is 0. The molecule has 0 fully saturated rings. The van der Waals surface area contributed by atoms with Gasteiger partial charge in [-0.15, -0.1) is 0 Å². The average Bonchev–Trinajstić information content (AvgIpc) is 2.82. The average molecular weight is 266 g/mol. The van der Waals surface area contributed by atoms with E-state index in [-0.39, 0.29) is 18.4 Å². The van der Waals surface area contributed by atoms with Gasteiger partial charge in [0, 0.05) is 25.2 Å². The molecule has 0 saturated carbocycles. The van der Waals surface area contributed by atoms with E-state index < -0.39 is 5.97 Å². The Labute approximate surface area is 113 Å². The number of aliphatic carboxylic acids is 1. The molecule has 0 aliphatic carbocycles. The molecule has 0 aromatic carbocycles. The summed E-state index contributed by atoms with van der Waals surface area (Å²) in [5.41, 5.74) is 0.667. The number of carboxylic acid groups (broad SMARTS) is 1. The molecule has 0 aliphatic heterocycles. The van der Waals surface area contributed by atoms with Crippen LogP contribution in [0.2, 0.25) is 0 Å². The minimum Gasteiger partial charge on any atom is -0.481 e. The highest BCUT2D eigenvalue weighted by Gasteiger charge is 2.11. The van der Waals surface area contributed by atoms with Gasteiger partial charge in [0.15, 0.2) is 0 Å². The summed E-state index contributed by atoms with van der Waals surface area (Å²) in [5.74, 6) is -0.837. The van der Waals surface area contributed by atoms with Crippen molar-refractivity contribution >= 4 is 11.9 Å². The topological polar surface area (TPSA) is 71.3 Å². The Bertz CT molecular complexity index is 424. The summed E-state index contributed by atoms with van der Waals surface area (Å²) < 4.78 is 1.93. The molecule has 19 heavy (non-hydrogen) atoms. The van der Waals surface area contributed by atoms with Crippen LogP contribution in [-0.2, 0) is 4.79 Å². The third-order valence-corrected chi connectivity index (χ3v) is 2.92. The molecule has 0 saturated heterocycles. The van der Waals surface area contributed by atoms with Crippen LogP contribution in [0.4, 0.5) is 0 Å². The molecule has 2 N–H and O–H groups in total. The van der Waals surface area contributed by atoms with E-state index in [9.17, 15) is 9.59 Å². The Kier molecular flexibility index (Phi) is 6.12. The predicted molar refractivity (Wildman–Crippen MR) is 73.3 cm³/mol. The van der Waals surface area contributed by atoms with Crippen LogP contribution >= 0.6 is 0 Å². The second kappa shape index (κ2) is 7.61. The zero-order valence-corrected chi connectivity index (χ0v) is 11.6. The molecule has 0 spiro atoms. The van der Waals surface area contributed by atoms with Gasteiger partial charge in [0.2, 0.25) is 0 Å². The van der Waals surface area contributed by atoms with Crippen LogP contribution in [0.15, 0.2) is 18.3 Å². The highest BCUT2D eigenvalue weighted by Crippen LogP contribution is 2.10. The fraction of sp³-hybridized carbons (Fsp3) is 0.571. The number of nitrogens with zero attached hydrogens (tertiary/aromatic N) is 1. The standard InChI is InChI=1S/C14H22N2O3/c1-11(2)16-10-6-7-12(16)14(19)15-9-5-3-4-8-13(17)18/h6-7,10-11H,3-5,8-9H2,1-2H3,(H,15,19)(H,17,18). The summed E-state index contributed by atoms with van der Waals surface area (Å²) in [6, 6.07) is 3.92. The maximum absolute atomic E-state index is 11.9. The summed E-state index contributed by atoms with van der Waals surface area (Å²) in [5, 5.41) is 11.4. The van der Waals surface area contributed by atoms with Crippen LogP contribution < -0.4 is 5.32 Å². The van der Waals surface area contributed by atoms with Gasteiger partial charge in [-0.25, -0.2) is 0 Å². The number of unbranched alkanes of at least 4 members (excludes halogenated alkanes) is 2. The van der Waals surface area contributed by atoms with E-state index in [1.165, 1.54) is 0 Å². The second-order valence-electron chi connectivity index (χ2n) is 4.85. The first-order valence-electron chi connectivity index (χ1n) is 6.69. The molecule has 0 aliphatic rings. The van der Waals surface area contributed by atoms with Gasteiger partial charge < -0.3 is 15.0 Å². The Morgan fingerprint density at radius 2 is 2.05 bits per heavy atom. The number of amides is 1. The minimum absolute atomic E-state index is 0.0723. The molecule has 0 bridgehead atoms. The molecular formula is C14H22N2O3. The van der Waals surface area contributed by atoms with E-state index in [1.54, 1.807) is 6.07 Å². The van der Waals surface area contributed by atoms with Gasteiger partial charge in [0.1, 0.15) is 5.69 Å². The van der Waals surface area contributed by atoms with Crippen molar-refractivity contribution in [2.24, 2.45) is 0 Å². The minimum atomic E-state index is -0.765. The Balaban J connectivity index is 2.28. The van der Waals surface area contributed by atoms with Gasteiger partial charge in [0.05, 0.1) is 0 Å². The number of carbonyl (C=O) groups excluding carboxylic acids is 1. The van der Waals surface area contributed by atoms with Crippen LogP contribution in [0.3, 0.4) is 0 Å². The van der Waals surface area contributed by atoms with Crippen molar-refractivity contribution < 1.29 is 14.7 Å². The SMILES string of the molecule is CC(C)n1cccc1C(=O)NCCCCCC(=O)O. The van der Waals surface area contributed by atoms with Gasteiger partial charge in [-0.3, -0.25) is 9.59 Å². The number of hydrogen-bond donors (Lipinski definition) is 2. The van der Waals surface area contributed by atoms with Crippen LogP contribution in [0.25, 0.3) is 0 Å². The number of aromatic nitrogens is 1. The molecule has 0 radical (unpaired) electrons. The molecule has 5 heteroatoms. The van der Waals surface area contributed by atoms with Crippen LogP contribution in [0.5, 0.6) is 0 Å². The summed E-state index contributed by atoms with van der Waals surface area (Å²) in [7, 11) is 0. The fourth-order valence-corrected chi connectivity index (χ4v) is 1.91. The lowest BCUT2D eigenvalue weighted by Crippen LogP contribution is -2.27. The van der Waals surface area contributed by atoms with Crippen molar-refractivity contribution in [1.29, 1.82) is 0 Å². The van der Waals surface area contributed by atoms with Crippen molar-refractivity contribution in [3.63, 3.8) is 0 Å². The third kappa shape index (κ3) is 5.16. The Hall–Kier alpha value is -1.78. The van der Waals surface area contributed by atoms with E-state index in [4.69, 9.17) is 5.11 Å². The van der Waals surface area contributed by atoms with Gasteiger partial charge in [-0.2, -0.15) is 0 Å². The van der Waals surface area contributed by atoms with Gasteiger partial charge >= 0.3 is 5.97 Å². The molecule has 1 heterocycles. The molecule has 1 aromatic heterocycles. The fourth-order valence-electron chi connectivity index (χ4n) is 1.91. The third-order valence-electron chi connectivity index (χ3n) is 2.92. The van der Waals surface area contributed by atoms with E-state index in [1.807, 2.05) is 30.7 Å². The van der Waals surface area contributed by atoms with E-state index in [0.29, 0.717) is 18.7 Å². The van der Waals surface area contributed by atoms with E-state index in [2.05, 4.69) is 5.32 Å². The molecule has 1 amide bonds. The Morgan fingerprint density at radius 3 is 2.68 bits per heavy atom. The molecular weight excluding hydrogens is 244 g/mol. The van der Waals surface area contributed by atoms with Crippen molar-refractivity contribution in [2.75, 3.05) is 6.54 Å². The monoisotopic (exact) mass is 266 g/mol. The van der Waals surface area contributed by atoms with Crippen LogP contribution in [-0.4, -0.2) is 28.1 Å². The normalized spacial score (nSPS) is 10.7. The summed E-state index contributed by atoms with van der Waals surface area (Å²) in [4.78, 5) is 22.3. The van der Waals surface area contributed by atoms with Crippen LogP contribution in [0.1, 0.15) is 56.1 Å². The van der Waals surface area contributed by atoms with Gasteiger partial charge in [-0.1, -0.05) is 6.42 Å². The highest BCUT2D eigenvalue weighted by molar-refractivity contribution is 5.92. The van der Waals surface area contributed by atoms with Crippen molar-refractivity contribution in [3.8, 4) is 0 Å². The number of nitrogens with one attached hydrogen (secondary N) is 1. The molecule has 1 rings (SSSR count). The smallest absolute Gasteiger partial charge is 0.303 e. The molecule has 106 valence electrons. The van der Waals surface area contributed by atoms with E-state index in [0.717, 1.165) is 12.8 Å². The lowest BCUT2D eigenvalue weighted by atomic mass is 10.2. The molecule has 5 nitrogen and oxygen atoms in total. The van der Waals surface area contributed by atoms with E-state index >= 15 is 0 Å². The number of rotatable bonds is 8. The lowest BCUT2D eigenvalue weighted by molar-refractivity contribution is -0.137. The predicted octanol–water partition coefficient (Wildman–Crippen LogP) is 2.44. The van der Waals surface area contributed by atoms with Crippen molar-refractivity contribution in [1.82, 2.24) is 9.88 Å². The number of hydrogen-bond acceptors (Lipinski definition) is 2. The lowest BCUT2D eigenvalue weighted by Gasteiger charge is -2.12. The van der Waals surface area contributed by atoms with Crippen LogP contribution in [0, 0.1) is 0 Å². The quantitative estimate of drug-likeness (QED) is 0.710. The summed E-state index contributed by atoms with van der Waals surface area (Å²) in [6.07, 6.45) is 4.38. The van der Waals surface area contributed by atoms with Gasteiger partial charge in [-0.05, 0) is 38.8 Å². The molecule has 0 unspecified atom stereocenters. The molecule has 0 atom stereocenters. The first-order valence-corrected chi connectivity index (χ1v) is 6.69. The first-order chi connectivity index (χ1) is 9.02. The maximum Gasteiger partial charge on any atom is 0.303 e. The highest BCUT2D eigenvalue weighted by atomic mass is 16.4. The van der Waals surface area contributed by atoms with Gasteiger partial charge in [0.25, 0.3) is 5.91 Å². The number of carboxylic acids is 1. The maximum atomic E-state index is 11.9. The second-order valence-corrected chi connectivity index (χ2v) is 4.85. The zero-order chi connectivity index (χ0) is 14.3. The number of carbonyl (C=O) groups is 2. The first kappa shape index (κ1) is 15.3. The molecule has 1 aromatic rings. The van der Waals surface area contributed by atoms with Crippen molar-refractivity contribution in [2.45, 2.75) is 45.6 Å². The summed E-state index contributed by atoms with van der Waals surface area (Å²) in [6.45, 7) is 4.65. The Morgan fingerprint density at radius 1 is 1.32 bits per heavy atom.